The lowest BCUT2D eigenvalue weighted by molar-refractivity contribution is -0.150. The van der Waals surface area contributed by atoms with Crippen LogP contribution in [0.3, 0.4) is 0 Å². The average Bonchev–Trinajstić information content (AvgIpc) is 2.36. The Morgan fingerprint density at radius 2 is 1.71 bits per heavy atom. The zero-order chi connectivity index (χ0) is 13.0. The number of carbonyl (C=O) groups excluding carboxylic acids is 2. The summed E-state index contributed by atoms with van der Waals surface area (Å²) >= 11 is 0. The van der Waals surface area contributed by atoms with Crippen LogP contribution < -0.4 is 4.74 Å². The maximum absolute atomic E-state index is 11.8. The van der Waals surface area contributed by atoms with Crippen molar-refractivity contribution < 1.29 is 24.2 Å². The van der Waals surface area contributed by atoms with Gasteiger partial charge in [0.05, 0.1) is 13.0 Å². The molecule has 0 radical (unpaired) electrons. The van der Waals surface area contributed by atoms with Gasteiger partial charge in [-0.15, -0.1) is 0 Å². The van der Waals surface area contributed by atoms with Crippen molar-refractivity contribution in [2.75, 3.05) is 7.11 Å². The summed E-state index contributed by atoms with van der Waals surface area (Å²) in [6.45, 7) is 1.28. The van der Waals surface area contributed by atoms with E-state index in [0.29, 0.717) is 5.75 Å². The number of Topliss-reactive ketones (excluding diaryl/α,β-unsaturated/α-hetero) is 2. The van der Waals surface area contributed by atoms with Gasteiger partial charge < -0.3 is 9.84 Å². The fourth-order valence-electron chi connectivity index (χ4n) is 1.31. The quantitative estimate of drug-likeness (QED) is 0.471. The molecule has 0 aliphatic carbocycles. The number of benzene rings is 1. The summed E-state index contributed by atoms with van der Waals surface area (Å²) in [5.74, 6) is -3.81. The third kappa shape index (κ3) is 2.90. The standard InChI is InChI=1S/C12H12O5/c1-7(11(14)12(15)16)10(13)8-3-5-9(17-2)6-4-8/h3-7H,1-2H3,(H,15,16). The predicted octanol–water partition coefficient (Wildman–Crippen LogP) is 1.17. The van der Waals surface area contributed by atoms with Crippen molar-refractivity contribution in [2.45, 2.75) is 6.92 Å². The van der Waals surface area contributed by atoms with Gasteiger partial charge in [0, 0.05) is 5.56 Å². The van der Waals surface area contributed by atoms with E-state index in [9.17, 15) is 14.4 Å². The summed E-state index contributed by atoms with van der Waals surface area (Å²) in [7, 11) is 1.49. The van der Waals surface area contributed by atoms with Gasteiger partial charge in [0.15, 0.2) is 5.78 Å². The second kappa shape index (κ2) is 5.25. The van der Waals surface area contributed by atoms with Crippen LogP contribution in [0.5, 0.6) is 5.75 Å². The van der Waals surface area contributed by atoms with Crippen molar-refractivity contribution in [3.63, 3.8) is 0 Å². The van der Waals surface area contributed by atoms with E-state index < -0.39 is 23.5 Å². The van der Waals surface area contributed by atoms with Crippen LogP contribution in [-0.2, 0) is 9.59 Å². The molecule has 5 nitrogen and oxygen atoms in total. The molecule has 0 spiro atoms. The van der Waals surface area contributed by atoms with Gasteiger partial charge in [-0.25, -0.2) is 4.79 Å². The van der Waals surface area contributed by atoms with Crippen LogP contribution in [0.25, 0.3) is 0 Å². The van der Waals surface area contributed by atoms with E-state index in [1.165, 1.54) is 26.2 Å². The van der Waals surface area contributed by atoms with Crippen molar-refractivity contribution in [1.82, 2.24) is 0 Å². The number of carboxylic acid groups (broad SMARTS) is 1. The van der Waals surface area contributed by atoms with Gasteiger partial charge in [0.25, 0.3) is 0 Å². The molecule has 0 bridgehead atoms. The first kappa shape index (κ1) is 12.9. The number of hydrogen-bond donors (Lipinski definition) is 1. The van der Waals surface area contributed by atoms with Gasteiger partial charge in [-0.05, 0) is 31.2 Å². The number of carbonyl (C=O) groups is 3. The van der Waals surface area contributed by atoms with Gasteiger partial charge in [-0.2, -0.15) is 0 Å². The molecule has 17 heavy (non-hydrogen) atoms. The van der Waals surface area contributed by atoms with Gasteiger partial charge in [-0.3, -0.25) is 9.59 Å². The van der Waals surface area contributed by atoms with E-state index >= 15 is 0 Å². The number of carboxylic acids is 1. The molecule has 1 atom stereocenters. The largest absolute Gasteiger partial charge is 0.497 e. The predicted molar refractivity (Wildman–Crippen MR) is 59.1 cm³/mol. The van der Waals surface area contributed by atoms with Crippen molar-refractivity contribution in [3.05, 3.63) is 29.8 Å². The van der Waals surface area contributed by atoms with E-state index in [4.69, 9.17) is 9.84 Å². The molecule has 0 heterocycles. The molecule has 1 aromatic carbocycles. The fraction of sp³-hybridized carbons (Fsp3) is 0.250. The minimum absolute atomic E-state index is 0.285. The van der Waals surface area contributed by atoms with Crippen molar-refractivity contribution in [2.24, 2.45) is 5.92 Å². The summed E-state index contributed by atoms with van der Waals surface area (Å²) < 4.78 is 4.92. The highest BCUT2D eigenvalue weighted by Gasteiger charge is 2.27. The van der Waals surface area contributed by atoms with Gasteiger partial charge in [0.2, 0.25) is 5.78 Å². The molecule has 0 amide bonds. The average molecular weight is 236 g/mol. The monoisotopic (exact) mass is 236 g/mol. The van der Waals surface area contributed by atoms with E-state index in [-0.39, 0.29) is 5.56 Å². The van der Waals surface area contributed by atoms with Crippen LogP contribution in [0.2, 0.25) is 0 Å². The van der Waals surface area contributed by atoms with Crippen LogP contribution in [0.4, 0.5) is 0 Å². The third-order valence-electron chi connectivity index (χ3n) is 2.37. The van der Waals surface area contributed by atoms with Crippen LogP contribution in [0.1, 0.15) is 17.3 Å². The summed E-state index contributed by atoms with van der Waals surface area (Å²) in [4.78, 5) is 33.4. The molecular formula is C12H12O5. The zero-order valence-corrected chi connectivity index (χ0v) is 9.47. The Hall–Kier alpha value is -2.17. The lowest BCUT2D eigenvalue weighted by atomic mass is 9.95. The Balaban J connectivity index is 2.88. The molecule has 0 fully saturated rings. The molecule has 0 aromatic heterocycles. The van der Waals surface area contributed by atoms with E-state index in [2.05, 4.69) is 0 Å². The SMILES string of the molecule is COc1ccc(C(=O)C(C)C(=O)C(=O)O)cc1. The Morgan fingerprint density at radius 1 is 1.18 bits per heavy atom. The first-order chi connectivity index (χ1) is 7.97. The van der Waals surface area contributed by atoms with Crippen LogP contribution >= 0.6 is 0 Å². The highest BCUT2D eigenvalue weighted by Crippen LogP contribution is 2.15. The molecular weight excluding hydrogens is 224 g/mol. The molecule has 0 aliphatic heterocycles. The van der Waals surface area contributed by atoms with Crippen molar-refractivity contribution in [3.8, 4) is 5.75 Å². The maximum atomic E-state index is 11.8. The summed E-state index contributed by atoms with van der Waals surface area (Å²) in [6.07, 6.45) is 0. The lowest BCUT2D eigenvalue weighted by Gasteiger charge is -2.07. The fourth-order valence-corrected chi connectivity index (χ4v) is 1.31. The first-order valence-corrected chi connectivity index (χ1v) is 4.92. The molecule has 1 rings (SSSR count). The number of aliphatic carboxylic acids is 1. The lowest BCUT2D eigenvalue weighted by Crippen LogP contribution is -2.27. The smallest absolute Gasteiger partial charge is 0.372 e. The third-order valence-corrected chi connectivity index (χ3v) is 2.37. The molecule has 0 saturated heterocycles. The minimum Gasteiger partial charge on any atom is -0.497 e. The minimum atomic E-state index is -1.60. The first-order valence-electron chi connectivity index (χ1n) is 4.92. The van der Waals surface area contributed by atoms with E-state index in [1.54, 1.807) is 12.1 Å². The summed E-state index contributed by atoms with van der Waals surface area (Å²) in [5.41, 5.74) is 0.285. The van der Waals surface area contributed by atoms with Crippen molar-refractivity contribution >= 4 is 17.5 Å². The zero-order valence-electron chi connectivity index (χ0n) is 9.47. The van der Waals surface area contributed by atoms with E-state index in [0.717, 1.165) is 0 Å². The Bertz CT molecular complexity index is 446. The second-order valence-electron chi connectivity index (χ2n) is 3.48. The maximum Gasteiger partial charge on any atom is 0.372 e. The molecule has 1 N–H and O–H groups in total. The Kier molecular flexibility index (Phi) is 3.98. The number of methoxy groups -OCH3 is 1. The second-order valence-corrected chi connectivity index (χ2v) is 3.48. The molecule has 0 saturated carbocycles. The number of ketones is 2. The summed E-state index contributed by atoms with van der Waals surface area (Å²) in [6, 6.07) is 6.13. The number of rotatable bonds is 5. The normalized spacial score (nSPS) is 11.6. The summed E-state index contributed by atoms with van der Waals surface area (Å²) in [5, 5.41) is 8.51. The highest BCUT2D eigenvalue weighted by atomic mass is 16.5. The van der Waals surface area contributed by atoms with Crippen LogP contribution in [-0.4, -0.2) is 29.8 Å². The molecule has 1 aromatic rings. The van der Waals surface area contributed by atoms with Gasteiger partial charge in [0.1, 0.15) is 5.75 Å². The number of ether oxygens (including phenoxy) is 1. The van der Waals surface area contributed by atoms with Gasteiger partial charge in [-0.1, -0.05) is 0 Å². The topological polar surface area (TPSA) is 80.7 Å². The Labute approximate surface area is 98.0 Å². The van der Waals surface area contributed by atoms with Crippen LogP contribution in [0, 0.1) is 5.92 Å². The Morgan fingerprint density at radius 3 is 2.12 bits per heavy atom. The molecule has 90 valence electrons. The molecule has 0 aliphatic rings. The molecule has 1 unspecified atom stereocenters. The van der Waals surface area contributed by atoms with E-state index in [1.807, 2.05) is 0 Å². The van der Waals surface area contributed by atoms with Gasteiger partial charge >= 0.3 is 5.97 Å². The highest BCUT2D eigenvalue weighted by molar-refractivity contribution is 6.38. The van der Waals surface area contributed by atoms with Crippen LogP contribution in [0.15, 0.2) is 24.3 Å². The number of hydrogen-bond acceptors (Lipinski definition) is 4. The molecule has 5 heteroatoms. The van der Waals surface area contributed by atoms with Crippen molar-refractivity contribution in [1.29, 1.82) is 0 Å².